The lowest BCUT2D eigenvalue weighted by molar-refractivity contribution is -0.118. The van der Waals surface area contributed by atoms with Gasteiger partial charge in [-0.25, -0.2) is 4.39 Å². The molecule has 0 fully saturated rings. The third-order valence-electron chi connectivity index (χ3n) is 4.71. The second-order valence-electron chi connectivity index (χ2n) is 7.01. The lowest BCUT2D eigenvalue weighted by Gasteiger charge is -2.11. The first-order chi connectivity index (χ1) is 15.1. The topological polar surface area (TPSA) is 59.8 Å². The molecule has 0 atom stereocenters. The van der Waals surface area contributed by atoms with Crippen LogP contribution < -0.4 is 5.32 Å². The number of halogens is 1. The molecular formula is C24H21FN4OS. The molecule has 0 saturated carbocycles. The number of para-hydroxylation sites is 1. The van der Waals surface area contributed by atoms with Gasteiger partial charge in [-0.15, -0.1) is 10.2 Å². The summed E-state index contributed by atoms with van der Waals surface area (Å²) in [5, 5.41) is 11.9. The Morgan fingerprint density at radius 3 is 2.42 bits per heavy atom. The van der Waals surface area contributed by atoms with E-state index < -0.39 is 0 Å². The Morgan fingerprint density at radius 1 is 0.968 bits per heavy atom. The van der Waals surface area contributed by atoms with E-state index in [1.807, 2.05) is 61.5 Å². The minimum atomic E-state index is -0.375. The van der Waals surface area contributed by atoms with Gasteiger partial charge in [-0.3, -0.25) is 9.36 Å². The zero-order valence-electron chi connectivity index (χ0n) is 17.0. The van der Waals surface area contributed by atoms with E-state index in [0.29, 0.717) is 23.1 Å². The van der Waals surface area contributed by atoms with Crippen LogP contribution in [0, 0.1) is 12.7 Å². The predicted molar refractivity (Wildman–Crippen MR) is 121 cm³/mol. The Kier molecular flexibility index (Phi) is 6.43. The number of rotatable bonds is 7. The summed E-state index contributed by atoms with van der Waals surface area (Å²) in [4.78, 5) is 12.4. The lowest BCUT2D eigenvalue weighted by Crippen LogP contribution is -2.24. The van der Waals surface area contributed by atoms with Crippen LogP contribution in [0.2, 0.25) is 0 Å². The molecule has 4 aromatic rings. The van der Waals surface area contributed by atoms with Gasteiger partial charge in [-0.1, -0.05) is 71.9 Å². The third-order valence-corrected chi connectivity index (χ3v) is 5.63. The summed E-state index contributed by atoms with van der Waals surface area (Å²) in [7, 11) is 0. The van der Waals surface area contributed by atoms with Crippen molar-refractivity contribution >= 4 is 17.7 Å². The Hall–Kier alpha value is -3.45. The summed E-state index contributed by atoms with van der Waals surface area (Å²) in [5.41, 5.74) is 3.37. The van der Waals surface area contributed by atoms with Gasteiger partial charge >= 0.3 is 0 Å². The number of carbonyl (C=O) groups excluding carboxylic acids is 1. The van der Waals surface area contributed by atoms with Crippen molar-refractivity contribution in [2.75, 3.05) is 5.75 Å². The van der Waals surface area contributed by atoms with Gasteiger partial charge in [0.25, 0.3) is 0 Å². The molecule has 0 radical (unpaired) electrons. The summed E-state index contributed by atoms with van der Waals surface area (Å²) >= 11 is 1.26. The minimum absolute atomic E-state index is 0.111. The maximum Gasteiger partial charge on any atom is 0.230 e. The molecule has 0 unspecified atom stereocenters. The zero-order valence-corrected chi connectivity index (χ0v) is 17.8. The predicted octanol–water partition coefficient (Wildman–Crippen LogP) is 4.79. The summed E-state index contributed by atoms with van der Waals surface area (Å²) in [5.74, 6) is 0.0839. The maximum atomic E-state index is 14.4. The number of aryl methyl sites for hydroxylation is 1. The van der Waals surface area contributed by atoms with Gasteiger partial charge < -0.3 is 5.32 Å². The first-order valence-electron chi connectivity index (χ1n) is 9.82. The first kappa shape index (κ1) is 20.8. The van der Waals surface area contributed by atoms with Crippen LogP contribution in [0.15, 0.2) is 84.0 Å². The molecular weight excluding hydrogens is 411 g/mol. The van der Waals surface area contributed by atoms with Gasteiger partial charge in [0.2, 0.25) is 5.91 Å². The molecule has 0 bridgehead atoms. The molecule has 4 rings (SSSR count). The van der Waals surface area contributed by atoms with Crippen LogP contribution in [-0.2, 0) is 11.3 Å². The molecule has 156 valence electrons. The van der Waals surface area contributed by atoms with E-state index >= 15 is 0 Å². The van der Waals surface area contributed by atoms with Crippen LogP contribution in [0.3, 0.4) is 0 Å². The maximum absolute atomic E-state index is 14.4. The molecule has 0 aliphatic heterocycles. The van der Waals surface area contributed by atoms with Crippen molar-refractivity contribution in [1.29, 1.82) is 0 Å². The van der Waals surface area contributed by atoms with Crippen LogP contribution in [0.25, 0.3) is 17.1 Å². The van der Waals surface area contributed by atoms with Crippen LogP contribution in [-0.4, -0.2) is 26.4 Å². The fourth-order valence-electron chi connectivity index (χ4n) is 3.08. The van der Waals surface area contributed by atoms with Crippen molar-refractivity contribution in [3.05, 3.63) is 95.8 Å². The Bertz CT molecular complexity index is 1180. The Balaban J connectivity index is 1.52. The highest BCUT2D eigenvalue weighted by atomic mass is 32.2. The number of aromatic nitrogens is 3. The smallest absolute Gasteiger partial charge is 0.230 e. The summed E-state index contributed by atoms with van der Waals surface area (Å²) in [6.45, 7) is 2.49. The van der Waals surface area contributed by atoms with E-state index in [-0.39, 0.29) is 17.5 Å². The molecule has 0 saturated heterocycles. The Morgan fingerprint density at radius 2 is 1.68 bits per heavy atom. The molecule has 3 aromatic carbocycles. The fraction of sp³-hybridized carbons (Fsp3) is 0.125. The molecule has 5 nitrogen and oxygen atoms in total. The van der Waals surface area contributed by atoms with Crippen molar-refractivity contribution in [3.63, 3.8) is 0 Å². The van der Waals surface area contributed by atoms with Gasteiger partial charge in [-0.05, 0) is 36.8 Å². The highest BCUT2D eigenvalue weighted by Gasteiger charge is 2.19. The number of hydrogen-bond acceptors (Lipinski definition) is 4. The number of amides is 1. The van der Waals surface area contributed by atoms with E-state index in [2.05, 4.69) is 15.5 Å². The van der Waals surface area contributed by atoms with E-state index in [1.165, 1.54) is 23.4 Å². The highest BCUT2D eigenvalue weighted by Crippen LogP contribution is 2.29. The second kappa shape index (κ2) is 9.57. The lowest BCUT2D eigenvalue weighted by atomic mass is 10.1. The molecule has 7 heteroatoms. The quantitative estimate of drug-likeness (QED) is 0.427. The Labute approximate surface area is 184 Å². The zero-order chi connectivity index (χ0) is 21.6. The molecule has 0 aliphatic carbocycles. The van der Waals surface area contributed by atoms with Gasteiger partial charge in [0.1, 0.15) is 5.82 Å². The molecule has 0 aliphatic rings. The molecule has 1 amide bonds. The SMILES string of the molecule is Cc1ccc(CNC(=O)CSc2nnc(-c3ccccc3F)n2-c2ccccc2)cc1. The van der Waals surface area contributed by atoms with Crippen LogP contribution in [0.4, 0.5) is 4.39 Å². The van der Waals surface area contributed by atoms with Gasteiger partial charge in [0.05, 0.1) is 11.3 Å². The largest absolute Gasteiger partial charge is 0.351 e. The van der Waals surface area contributed by atoms with Gasteiger partial charge in [0.15, 0.2) is 11.0 Å². The fourth-order valence-corrected chi connectivity index (χ4v) is 3.86. The summed E-state index contributed by atoms with van der Waals surface area (Å²) in [6.07, 6.45) is 0. The van der Waals surface area contributed by atoms with Crippen molar-refractivity contribution in [2.24, 2.45) is 0 Å². The number of carbonyl (C=O) groups is 1. The standard InChI is InChI=1S/C24H21FN4OS/c1-17-11-13-18(14-12-17)15-26-22(30)16-31-24-28-27-23(20-9-5-6-10-21(20)25)29(24)19-7-3-2-4-8-19/h2-14H,15-16H2,1H3,(H,26,30). The first-order valence-corrected chi connectivity index (χ1v) is 10.8. The van der Waals surface area contributed by atoms with Gasteiger partial charge in [-0.2, -0.15) is 0 Å². The number of nitrogens with one attached hydrogen (secondary N) is 1. The number of thioether (sulfide) groups is 1. The molecule has 0 spiro atoms. The summed E-state index contributed by atoms with van der Waals surface area (Å²) < 4.78 is 16.2. The van der Waals surface area contributed by atoms with Crippen LogP contribution >= 0.6 is 11.8 Å². The average Bonchev–Trinajstić information content (AvgIpc) is 3.22. The van der Waals surface area contributed by atoms with E-state index in [1.54, 1.807) is 22.8 Å². The summed E-state index contributed by atoms with van der Waals surface area (Å²) in [6, 6.07) is 24.0. The van der Waals surface area contributed by atoms with Crippen LogP contribution in [0.5, 0.6) is 0 Å². The number of hydrogen-bond donors (Lipinski definition) is 1. The molecule has 1 N–H and O–H groups in total. The van der Waals surface area contributed by atoms with Crippen molar-refractivity contribution in [1.82, 2.24) is 20.1 Å². The van der Waals surface area contributed by atoms with Crippen molar-refractivity contribution in [3.8, 4) is 17.1 Å². The highest BCUT2D eigenvalue weighted by molar-refractivity contribution is 7.99. The monoisotopic (exact) mass is 432 g/mol. The molecule has 31 heavy (non-hydrogen) atoms. The minimum Gasteiger partial charge on any atom is -0.351 e. The van der Waals surface area contributed by atoms with Gasteiger partial charge in [0, 0.05) is 12.2 Å². The number of benzene rings is 3. The van der Waals surface area contributed by atoms with E-state index in [0.717, 1.165) is 11.3 Å². The van der Waals surface area contributed by atoms with E-state index in [4.69, 9.17) is 0 Å². The van der Waals surface area contributed by atoms with Crippen molar-refractivity contribution < 1.29 is 9.18 Å². The van der Waals surface area contributed by atoms with E-state index in [9.17, 15) is 9.18 Å². The third kappa shape index (κ3) is 5.00. The molecule has 1 aromatic heterocycles. The van der Waals surface area contributed by atoms with Crippen LogP contribution in [0.1, 0.15) is 11.1 Å². The molecule has 1 heterocycles. The average molecular weight is 433 g/mol. The second-order valence-corrected chi connectivity index (χ2v) is 7.95. The van der Waals surface area contributed by atoms with Crippen molar-refractivity contribution in [2.45, 2.75) is 18.6 Å². The number of nitrogens with zero attached hydrogens (tertiary/aromatic N) is 3. The normalized spacial score (nSPS) is 10.8.